The number of nitrogens with one attached hydrogen (secondary N) is 1. The largest absolute Gasteiger partial charge is 0.481 e. The van der Waals surface area contributed by atoms with Crippen LogP contribution in [0.2, 0.25) is 5.02 Å². The van der Waals surface area contributed by atoms with E-state index in [9.17, 15) is 18.4 Å². The number of benzene rings is 1. The van der Waals surface area contributed by atoms with Crippen molar-refractivity contribution in [2.24, 2.45) is 5.41 Å². The standard InChI is InChI=1S/C14H16ClF2NO3/c1-14(2,3)11(6-12(19)20)18-13(21)7-4-9(16)10(17)5-8(7)15/h4-5,11H,6H2,1-3H3,(H,18,21)(H,19,20). The topological polar surface area (TPSA) is 66.4 Å². The smallest absolute Gasteiger partial charge is 0.305 e. The fourth-order valence-electron chi connectivity index (χ4n) is 1.68. The van der Waals surface area contributed by atoms with Gasteiger partial charge in [-0.05, 0) is 17.5 Å². The van der Waals surface area contributed by atoms with Crippen molar-refractivity contribution in [2.45, 2.75) is 33.2 Å². The van der Waals surface area contributed by atoms with E-state index in [-0.39, 0.29) is 17.0 Å². The average molecular weight is 320 g/mol. The Morgan fingerprint density at radius 2 is 1.81 bits per heavy atom. The molecule has 1 aromatic carbocycles. The number of rotatable bonds is 4. The van der Waals surface area contributed by atoms with Crippen molar-refractivity contribution in [3.05, 3.63) is 34.4 Å². The van der Waals surface area contributed by atoms with Crippen molar-refractivity contribution < 1.29 is 23.5 Å². The number of hydrogen-bond donors (Lipinski definition) is 2. The lowest BCUT2D eigenvalue weighted by atomic mass is 9.84. The molecule has 0 aliphatic carbocycles. The molecule has 1 unspecified atom stereocenters. The van der Waals surface area contributed by atoms with Gasteiger partial charge in [0.05, 0.1) is 17.0 Å². The van der Waals surface area contributed by atoms with Crippen LogP contribution in [0.15, 0.2) is 12.1 Å². The summed E-state index contributed by atoms with van der Waals surface area (Å²) >= 11 is 5.72. The summed E-state index contributed by atoms with van der Waals surface area (Å²) in [6.07, 6.45) is -0.295. The molecule has 0 saturated carbocycles. The highest BCUT2D eigenvalue weighted by atomic mass is 35.5. The monoisotopic (exact) mass is 319 g/mol. The van der Waals surface area contributed by atoms with Gasteiger partial charge in [-0.15, -0.1) is 0 Å². The Kier molecular flexibility index (Phi) is 5.28. The van der Waals surface area contributed by atoms with Crippen molar-refractivity contribution in [3.63, 3.8) is 0 Å². The number of aliphatic carboxylic acids is 1. The van der Waals surface area contributed by atoms with Crippen LogP contribution in [0.1, 0.15) is 37.6 Å². The molecule has 1 atom stereocenters. The lowest BCUT2D eigenvalue weighted by Gasteiger charge is -2.30. The average Bonchev–Trinajstić information content (AvgIpc) is 2.31. The fraction of sp³-hybridized carbons (Fsp3) is 0.429. The van der Waals surface area contributed by atoms with Gasteiger partial charge in [0.2, 0.25) is 0 Å². The van der Waals surface area contributed by atoms with Crippen LogP contribution >= 0.6 is 11.6 Å². The Balaban J connectivity index is 3.02. The van der Waals surface area contributed by atoms with Crippen LogP contribution in [0.5, 0.6) is 0 Å². The first-order chi connectivity index (χ1) is 9.52. The fourth-order valence-corrected chi connectivity index (χ4v) is 1.92. The molecule has 0 saturated heterocycles. The number of carboxylic acids is 1. The van der Waals surface area contributed by atoms with E-state index in [1.54, 1.807) is 20.8 Å². The Morgan fingerprint density at radius 3 is 2.29 bits per heavy atom. The predicted molar refractivity (Wildman–Crippen MR) is 74.3 cm³/mol. The molecule has 0 spiro atoms. The molecule has 0 fully saturated rings. The summed E-state index contributed by atoms with van der Waals surface area (Å²) < 4.78 is 26.2. The third-order valence-electron chi connectivity index (χ3n) is 2.98. The molecule has 0 bridgehead atoms. The molecule has 21 heavy (non-hydrogen) atoms. The maximum Gasteiger partial charge on any atom is 0.305 e. The van der Waals surface area contributed by atoms with Gasteiger partial charge in [0.25, 0.3) is 5.91 Å². The zero-order chi connectivity index (χ0) is 16.4. The molecule has 1 rings (SSSR count). The van der Waals surface area contributed by atoms with Crippen LogP contribution < -0.4 is 5.32 Å². The highest BCUT2D eigenvalue weighted by Crippen LogP contribution is 2.24. The second-order valence-electron chi connectivity index (χ2n) is 5.74. The number of carbonyl (C=O) groups is 2. The minimum atomic E-state index is -1.20. The Bertz CT molecular complexity index is 570. The summed E-state index contributed by atoms with van der Waals surface area (Å²) in [5.41, 5.74) is -0.769. The van der Waals surface area contributed by atoms with Gasteiger partial charge in [-0.1, -0.05) is 32.4 Å². The number of carbonyl (C=O) groups excluding carboxylic acids is 1. The van der Waals surface area contributed by atoms with Gasteiger partial charge in [0.15, 0.2) is 11.6 Å². The van der Waals surface area contributed by atoms with Crippen LogP contribution in [0, 0.1) is 17.0 Å². The van der Waals surface area contributed by atoms with Crippen LogP contribution in [0.3, 0.4) is 0 Å². The Morgan fingerprint density at radius 1 is 1.29 bits per heavy atom. The lowest BCUT2D eigenvalue weighted by molar-refractivity contribution is -0.138. The third-order valence-corrected chi connectivity index (χ3v) is 3.30. The summed E-state index contributed by atoms with van der Waals surface area (Å²) in [5.74, 6) is -4.18. The van der Waals surface area contributed by atoms with Crippen LogP contribution in [-0.2, 0) is 4.79 Å². The predicted octanol–water partition coefficient (Wildman–Crippen LogP) is 3.24. The number of halogens is 3. The van der Waals surface area contributed by atoms with E-state index < -0.39 is 35.0 Å². The van der Waals surface area contributed by atoms with Crippen LogP contribution in [0.4, 0.5) is 8.78 Å². The lowest BCUT2D eigenvalue weighted by Crippen LogP contribution is -2.45. The highest BCUT2D eigenvalue weighted by molar-refractivity contribution is 6.33. The normalized spacial score (nSPS) is 12.9. The van der Waals surface area contributed by atoms with E-state index in [1.807, 2.05) is 0 Å². The van der Waals surface area contributed by atoms with Crippen LogP contribution in [0.25, 0.3) is 0 Å². The van der Waals surface area contributed by atoms with E-state index in [2.05, 4.69) is 5.32 Å². The second kappa shape index (κ2) is 6.39. The molecule has 1 amide bonds. The van der Waals surface area contributed by atoms with E-state index in [1.165, 1.54) is 0 Å². The van der Waals surface area contributed by atoms with Crippen molar-refractivity contribution in [3.8, 4) is 0 Å². The summed E-state index contributed by atoms with van der Waals surface area (Å²) in [6.45, 7) is 5.27. The molecule has 0 aliphatic rings. The van der Waals surface area contributed by atoms with E-state index in [0.29, 0.717) is 12.1 Å². The van der Waals surface area contributed by atoms with Crippen molar-refractivity contribution in [1.29, 1.82) is 0 Å². The minimum Gasteiger partial charge on any atom is -0.481 e. The molecule has 1 aromatic rings. The quantitative estimate of drug-likeness (QED) is 0.837. The van der Waals surface area contributed by atoms with E-state index >= 15 is 0 Å². The van der Waals surface area contributed by atoms with Gasteiger partial charge in [-0.2, -0.15) is 0 Å². The second-order valence-corrected chi connectivity index (χ2v) is 6.14. The molecular formula is C14H16ClF2NO3. The zero-order valence-electron chi connectivity index (χ0n) is 11.8. The Hall–Kier alpha value is -1.69. The summed E-state index contributed by atoms with van der Waals surface area (Å²) in [5, 5.41) is 11.1. The zero-order valence-corrected chi connectivity index (χ0v) is 12.6. The van der Waals surface area contributed by atoms with Crippen molar-refractivity contribution in [2.75, 3.05) is 0 Å². The van der Waals surface area contributed by atoms with Gasteiger partial charge in [-0.3, -0.25) is 9.59 Å². The molecule has 0 radical (unpaired) electrons. The van der Waals surface area contributed by atoms with Crippen molar-refractivity contribution in [1.82, 2.24) is 5.32 Å². The third kappa shape index (κ3) is 4.67. The minimum absolute atomic E-state index is 0.241. The van der Waals surface area contributed by atoms with Gasteiger partial charge < -0.3 is 10.4 Å². The number of amides is 1. The summed E-state index contributed by atoms with van der Waals surface area (Å²) in [7, 11) is 0. The highest BCUT2D eigenvalue weighted by Gasteiger charge is 2.29. The molecule has 0 heterocycles. The van der Waals surface area contributed by atoms with Gasteiger partial charge in [0, 0.05) is 6.04 Å². The maximum absolute atomic E-state index is 13.2. The molecule has 7 heteroatoms. The van der Waals surface area contributed by atoms with Gasteiger partial charge in [0.1, 0.15) is 0 Å². The van der Waals surface area contributed by atoms with E-state index in [4.69, 9.17) is 16.7 Å². The van der Waals surface area contributed by atoms with Gasteiger partial charge >= 0.3 is 5.97 Å². The van der Waals surface area contributed by atoms with E-state index in [0.717, 1.165) is 0 Å². The molecular weight excluding hydrogens is 304 g/mol. The molecule has 0 aliphatic heterocycles. The number of carboxylic acid groups (broad SMARTS) is 1. The molecule has 2 N–H and O–H groups in total. The molecule has 0 aromatic heterocycles. The molecule has 4 nitrogen and oxygen atoms in total. The van der Waals surface area contributed by atoms with Gasteiger partial charge in [-0.25, -0.2) is 8.78 Å². The van der Waals surface area contributed by atoms with Crippen LogP contribution in [-0.4, -0.2) is 23.0 Å². The SMILES string of the molecule is CC(C)(C)C(CC(=O)O)NC(=O)c1cc(F)c(F)cc1Cl. The molecule has 116 valence electrons. The summed E-state index contributed by atoms with van der Waals surface area (Å²) in [4.78, 5) is 22.9. The first-order valence-electron chi connectivity index (χ1n) is 6.19. The first-order valence-corrected chi connectivity index (χ1v) is 6.57. The first kappa shape index (κ1) is 17.4. The van der Waals surface area contributed by atoms with Crippen molar-refractivity contribution >= 4 is 23.5 Å². The Labute approximate surface area is 126 Å². The number of hydrogen-bond acceptors (Lipinski definition) is 2. The summed E-state index contributed by atoms with van der Waals surface area (Å²) in [6, 6.07) is 0.703. The maximum atomic E-state index is 13.2.